The number of hydrogen-bond acceptors (Lipinski definition) is 3. The molecule has 0 fully saturated rings. The van der Waals surface area contributed by atoms with Crippen LogP contribution in [0, 0.1) is 0 Å². The van der Waals surface area contributed by atoms with E-state index >= 15 is 0 Å². The van der Waals surface area contributed by atoms with Crippen LogP contribution < -0.4 is 4.74 Å². The van der Waals surface area contributed by atoms with Gasteiger partial charge in [-0.05, 0) is 35.4 Å². The maximum Gasteiger partial charge on any atom is 0.328 e. The fourth-order valence-electron chi connectivity index (χ4n) is 1.71. The van der Waals surface area contributed by atoms with Gasteiger partial charge in [0.25, 0.3) is 0 Å². The van der Waals surface area contributed by atoms with Gasteiger partial charge in [-0.15, -0.1) is 0 Å². The molecule has 2 rings (SSSR count). The smallest absolute Gasteiger partial charge is 0.328 e. The van der Waals surface area contributed by atoms with Crippen LogP contribution in [0.4, 0.5) is 0 Å². The maximum absolute atomic E-state index is 10.5. The summed E-state index contributed by atoms with van der Waals surface area (Å²) < 4.78 is 5.65. The molecule has 0 saturated carbocycles. The fraction of sp³-hybridized carbons (Fsp3) is 0.125. The predicted octanol–water partition coefficient (Wildman–Crippen LogP) is 2.80. The molecule has 0 aliphatic heterocycles. The Morgan fingerprint density at radius 3 is 2.95 bits per heavy atom. The van der Waals surface area contributed by atoms with Gasteiger partial charge >= 0.3 is 5.97 Å². The third kappa shape index (κ3) is 4.57. The number of hydrogen-bond donors (Lipinski definition) is 1. The van der Waals surface area contributed by atoms with E-state index in [0.717, 1.165) is 29.4 Å². The first-order valence-electron chi connectivity index (χ1n) is 6.27. The topological polar surface area (TPSA) is 59.4 Å². The van der Waals surface area contributed by atoms with Crippen LogP contribution in [0.15, 0.2) is 54.9 Å². The molecule has 0 aliphatic rings. The SMILES string of the molecule is O=C(O)C=Cc1cccc(OCCc2cccnc2)c1. The van der Waals surface area contributed by atoms with Crippen molar-refractivity contribution in [1.29, 1.82) is 0 Å². The summed E-state index contributed by atoms with van der Waals surface area (Å²) in [6.45, 7) is 0.553. The van der Waals surface area contributed by atoms with Crippen molar-refractivity contribution in [1.82, 2.24) is 4.98 Å². The van der Waals surface area contributed by atoms with Crippen LogP contribution in [0.25, 0.3) is 6.08 Å². The van der Waals surface area contributed by atoms with Crippen molar-refractivity contribution in [3.05, 3.63) is 66.0 Å². The largest absolute Gasteiger partial charge is 0.493 e. The molecule has 0 unspecified atom stereocenters. The van der Waals surface area contributed by atoms with Crippen LogP contribution in [0.3, 0.4) is 0 Å². The van der Waals surface area contributed by atoms with E-state index in [2.05, 4.69) is 4.98 Å². The highest BCUT2D eigenvalue weighted by atomic mass is 16.5. The molecule has 0 spiro atoms. The number of benzene rings is 1. The van der Waals surface area contributed by atoms with E-state index in [0.29, 0.717) is 6.61 Å². The molecule has 0 bridgehead atoms. The van der Waals surface area contributed by atoms with E-state index in [1.54, 1.807) is 6.20 Å². The molecule has 2 aromatic rings. The second kappa shape index (κ2) is 7.09. The zero-order chi connectivity index (χ0) is 14.2. The summed E-state index contributed by atoms with van der Waals surface area (Å²) in [5.74, 6) is -0.241. The van der Waals surface area contributed by atoms with Crippen molar-refractivity contribution in [2.75, 3.05) is 6.61 Å². The van der Waals surface area contributed by atoms with E-state index in [9.17, 15) is 4.79 Å². The highest BCUT2D eigenvalue weighted by Gasteiger charge is 1.97. The Morgan fingerprint density at radius 1 is 1.30 bits per heavy atom. The normalized spacial score (nSPS) is 10.6. The summed E-state index contributed by atoms with van der Waals surface area (Å²) in [5, 5.41) is 8.59. The van der Waals surface area contributed by atoms with E-state index in [4.69, 9.17) is 9.84 Å². The minimum Gasteiger partial charge on any atom is -0.493 e. The third-order valence-electron chi connectivity index (χ3n) is 2.66. The molecule has 0 radical (unpaired) electrons. The lowest BCUT2D eigenvalue weighted by Crippen LogP contribution is -2.01. The fourth-order valence-corrected chi connectivity index (χ4v) is 1.71. The zero-order valence-electron chi connectivity index (χ0n) is 10.9. The second-order valence-corrected chi connectivity index (χ2v) is 4.20. The van der Waals surface area contributed by atoms with Crippen LogP contribution in [0.5, 0.6) is 5.75 Å². The summed E-state index contributed by atoms with van der Waals surface area (Å²) >= 11 is 0. The van der Waals surface area contributed by atoms with Gasteiger partial charge in [-0.3, -0.25) is 4.98 Å². The van der Waals surface area contributed by atoms with Gasteiger partial charge < -0.3 is 9.84 Å². The summed E-state index contributed by atoms with van der Waals surface area (Å²) in [5.41, 5.74) is 1.92. The maximum atomic E-state index is 10.5. The third-order valence-corrected chi connectivity index (χ3v) is 2.66. The van der Waals surface area contributed by atoms with Gasteiger partial charge in [-0.1, -0.05) is 18.2 Å². The number of ether oxygens (including phenoxy) is 1. The van der Waals surface area contributed by atoms with Crippen LogP contribution in [0.1, 0.15) is 11.1 Å². The van der Waals surface area contributed by atoms with Crippen LogP contribution in [0.2, 0.25) is 0 Å². The quantitative estimate of drug-likeness (QED) is 0.819. The van der Waals surface area contributed by atoms with Gasteiger partial charge in [0.05, 0.1) is 6.61 Å². The number of carboxylic acid groups (broad SMARTS) is 1. The van der Waals surface area contributed by atoms with Crippen LogP contribution >= 0.6 is 0 Å². The molecule has 20 heavy (non-hydrogen) atoms. The predicted molar refractivity (Wildman–Crippen MR) is 76.5 cm³/mol. The first kappa shape index (κ1) is 13.8. The molecular weight excluding hydrogens is 254 g/mol. The van der Waals surface area contributed by atoms with Crippen molar-refractivity contribution < 1.29 is 14.6 Å². The Balaban J connectivity index is 1.90. The van der Waals surface area contributed by atoms with Crippen LogP contribution in [-0.4, -0.2) is 22.7 Å². The molecule has 1 N–H and O–H groups in total. The minimum atomic E-state index is -0.965. The van der Waals surface area contributed by atoms with Crippen molar-refractivity contribution in [3.8, 4) is 5.75 Å². The monoisotopic (exact) mass is 269 g/mol. The van der Waals surface area contributed by atoms with Crippen molar-refractivity contribution in [2.45, 2.75) is 6.42 Å². The molecule has 0 atom stereocenters. The van der Waals surface area contributed by atoms with Crippen molar-refractivity contribution >= 4 is 12.0 Å². The zero-order valence-corrected chi connectivity index (χ0v) is 10.9. The van der Waals surface area contributed by atoms with E-state index in [1.807, 2.05) is 42.6 Å². The van der Waals surface area contributed by atoms with Gasteiger partial charge in [-0.25, -0.2) is 4.79 Å². The minimum absolute atomic E-state index is 0.553. The summed E-state index contributed by atoms with van der Waals surface area (Å²) in [6.07, 6.45) is 6.98. The van der Waals surface area contributed by atoms with Gasteiger partial charge in [0, 0.05) is 24.9 Å². The standard InChI is InChI=1S/C16H15NO3/c18-16(19)7-6-13-3-1-5-15(11-13)20-10-8-14-4-2-9-17-12-14/h1-7,9,11-12H,8,10H2,(H,18,19). The number of pyridine rings is 1. The molecule has 0 saturated heterocycles. The van der Waals surface area contributed by atoms with Crippen molar-refractivity contribution in [2.24, 2.45) is 0 Å². The summed E-state index contributed by atoms with van der Waals surface area (Å²) in [6, 6.07) is 11.2. The first-order chi connectivity index (χ1) is 9.74. The van der Waals surface area contributed by atoms with Crippen LogP contribution in [-0.2, 0) is 11.2 Å². The molecule has 1 heterocycles. The Kier molecular flexibility index (Phi) is 4.89. The Labute approximate surface area is 117 Å². The molecule has 0 amide bonds. The first-order valence-corrected chi connectivity index (χ1v) is 6.27. The van der Waals surface area contributed by atoms with Gasteiger partial charge in [0.15, 0.2) is 0 Å². The average Bonchev–Trinajstić information content (AvgIpc) is 2.47. The number of carboxylic acids is 1. The van der Waals surface area contributed by atoms with E-state index in [1.165, 1.54) is 6.08 Å². The van der Waals surface area contributed by atoms with E-state index in [-0.39, 0.29) is 0 Å². The number of rotatable bonds is 6. The highest BCUT2D eigenvalue weighted by molar-refractivity contribution is 5.85. The number of aliphatic carboxylic acids is 1. The summed E-state index contributed by atoms with van der Waals surface area (Å²) in [7, 11) is 0. The molecule has 1 aromatic heterocycles. The molecule has 4 heteroatoms. The molecular formula is C16H15NO3. The molecule has 0 aliphatic carbocycles. The Hall–Kier alpha value is -2.62. The van der Waals surface area contributed by atoms with E-state index < -0.39 is 5.97 Å². The number of carbonyl (C=O) groups is 1. The second-order valence-electron chi connectivity index (χ2n) is 4.20. The Morgan fingerprint density at radius 2 is 2.20 bits per heavy atom. The summed E-state index contributed by atoms with van der Waals surface area (Å²) in [4.78, 5) is 14.5. The average molecular weight is 269 g/mol. The number of aromatic nitrogens is 1. The Bertz CT molecular complexity index is 594. The van der Waals surface area contributed by atoms with Gasteiger partial charge in [0.2, 0.25) is 0 Å². The molecule has 1 aromatic carbocycles. The lowest BCUT2D eigenvalue weighted by Gasteiger charge is -2.06. The highest BCUT2D eigenvalue weighted by Crippen LogP contribution is 2.15. The molecule has 4 nitrogen and oxygen atoms in total. The van der Waals surface area contributed by atoms with Gasteiger partial charge in [0.1, 0.15) is 5.75 Å². The lowest BCUT2D eigenvalue weighted by molar-refractivity contribution is -0.131. The lowest BCUT2D eigenvalue weighted by atomic mass is 10.2. The molecule has 102 valence electrons. The van der Waals surface area contributed by atoms with Gasteiger partial charge in [-0.2, -0.15) is 0 Å². The number of nitrogens with zero attached hydrogens (tertiary/aromatic N) is 1. The van der Waals surface area contributed by atoms with Crippen molar-refractivity contribution in [3.63, 3.8) is 0 Å².